The number of rotatable bonds is 5. The second kappa shape index (κ2) is 5.47. The Balaban J connectivity index is 2.31. The van der Waals surface area contributed by atoms with Crippen molar-refractivity contribution >= 4 is 5.97 Å². The molecule has 0 spiro atoms. The van der Waals surface area contributed by atoms with E-state index < -0.39 is 12.0 Å². The molecule has 0 saturated heterocycles. The number of hydrogen-bond donors (Lipinski definition) is 3. The van der Waals surface area contributed by atoms with Gasteiger partial charge in [0.15, 0.2) is 0 Å². The molecular formula is C11H22N2O2. The SMILES string of the molecule is CCC1CCC(NCC(N)C(=O)O)C1C. The Bertz CT molecular complexity index is 221. The van der Waals surface area contributed by atoms with Crippen molar-refractivity contribution in [2.45, 2.75) is 45.2 Å². The first-order chi connectivity index (χ1) is 7.06. The molecule has 4 atom stereocenters. The molecule has 15 heavy (non-hydrogen) atoms. The van der Waals surface area contributed by atoms with Gasteiger partial charge in [-0.1, -0.05) is 20.3 Å². The summed E-state index contributed by atoms with van der Waals surface area (Å²) in [6, 6.07) is -0.335. The number of nitrogens with one attached hydrogen (secondary N) is 1. The number of nitrogens with two attached hydrogens (primary N) is 1. The van der Waals surface area contributed by atoms with E-state index in [-0.39, 0.29) is 0 Å². The van der Waals surface area contributed by atoms with Crippen molar-refractivity contribution in [2.24, 2.45) is 17.6 Å². The monoisotopic (exact) mass is 214 g/mol. The van der Waals surface area contributed by atoms with Gasteiger partial charge in [-0.15, -0.1) is 0 Å². The summed E-state index contributed by atoms with van der Waals surface area (Å²) in [5.41, 5.74) is 5.45. The summed E-state index contributed by atoms with van der Waals surface area (Å²) < 4.78 is 0. The van der Waals surface area contributed by atoms with Crippen molar-refractivity contribution in [3.8, 4) is 0 Å². The van der Waals surface area contributed by atoms with Crippen LogP contribution in [0.15, 0.2) is 0 Å². The normalized spacial score (nSPS) is 32.9. The quantitative estimate of drug-likeness (QED) is 0.633. The molecule has 4 N–H and O–H groups in total. The van der Waals surface area contributed by atoms with Crippen LogP contribution in [-0.4, -0.2) is 29.7 Å². The van der Waals surface area contributed by atoms with Crippen molar-refractivity contribution in [1.29, 1.82) is 0 Å². The van der Waals surface area contributed by atoms with Gasteiger partial charge in [-0.2, -0.15) is 0 Å². The highest BCUT2D eigenvalue weighted by molar-refractivity contribution is 5.73. The fourth-order valence-corrected chi connectivity index (χ4v) is 2.48. The summed E-state index contributed by atoms with van der Waals surface area (Å²) >= 11 is 0. The Hall–Kier alpha value is -0.610. The van der Waals surface area contributed by atoms with Crippen molar-refractivity contribution in [3.05, 3.63) is 0 Å². The molecule has 0 aliphatic heterocycles. The van der Waals surface area contributed by atoms with Gasteiger partial charge < -0.3 is 16.2 Å². The summed E-state index contributed by atoms with van der Waals surface area (Å²) in [5, 5.41) is 11.9. The molecule has 0 bridgehead atoms. The van der Waals surface area contributed by atoms with Gasteiger partial charge in [0.2, 0.25) is 0 Å². The highest BCUT2D eigenvalue weighted by Crippen LogP contribution is 2.33. The maximum Gasteiger partial charge on any atom is 0.321 e. The zero-order valence-corrected chi connectivity index (χ0v) is 9.57. The predicted molar refractivity (Wildman–Crippen MR) is 59.6 cm³/mol. The summed E-state index contributed by atoms with van der Waals surface area (Å²) in [4.78, 5) is 10.5. The van der Waals surface area contributed by atoms with Gasteiger partial charge in [-0.05, 0) is 24.7 Å². The lowest BCUT2D eigenvalue weighted by Crippen LogP contribution is -2.45. The van der Waals surface area contributed by atoms with Gasteiger partial charge in [-0.3, -0.25) is 4.79 Å². The maximum atomic E-state index is 10.5. The molecule has 0 aromatic rings. The number of hydrogen-bond acceptors (Lipinski definition) is 3. The average molecular weight is 214 g/mol. The van der Waals surface area contributed by atoms with E-state index in [9.17, 15) is 4.79 Å². The predicted octanol–water partition coefficient (Wildman–Crippen LogP) is 0.813. The van der Waals surface area contributed by atoms with Crippen LogP contribution in [0.5, 0.6) is 0 Å². The average Bonchev–Trinajstić information content (AvgIpc) is 2.55. The van der Waals surface area contributed by atoms with Crippen molar-refractivity contribution in [2.75, 3.05) is 6.54 Å². The molecule has 1 aliphatic rings. The first kappa shape index (κ1) is 12.5. The minimum atomic E-state index is -0.930. The highest BCUT2D eigenvalue weighted by Gasteiger charge is 2.31. The minimum Gasteiger partial charge on any atom is -0.480 e. The second-order valence-electron chi connectivity index (χ2n) is 4.56. The number of carboxylic acid groups (broad SMARTS) is 1. The molecule has 0 radical (unpaired) electrons. The first-order valence-corrected chi connectivity index (χ1v) is 5.78. The third-order valence-corrected chi connectivity index (χ3v) is 3.67. The van der Waals surface area contributed by atoms with Crippen LogP contribution >= 0.6 is 0 Å². The van der Waals surface area contributed by atoms with Crippen LogP contribution in [0.3, 0.4) is 0 Å². The van der Waals surface area contributed by atoms with Gasteiger partial charge in [0.1, 0.15) is 6.04 Å². The van der Waals surface area contributed by atoms with Crippen LogP contribution in [0.2, 0.25) is 0 Å². The summed E-state index contributed by atoms with van der Waals surface area (Å²) in [6.07, 6.45) is 3.61. The molecule has 4 heteroatoms. The standard InChI is InChI=1S/C11H22N2O2/c1-3-8-4-5-10(7(8)2)13-6-9(12)11(14)15/h7-10,13H,3-6,12H2,1-2H3,(H,14,15). The smallest absolute Gasteiger partial charge is 0.321 e. The molecule has 0 heterocycles. The lowest BCUT2D eigenvalue weighted by Gasteiger charge is -2.21. The maximum absolute atomic E-state index is 10.5. The van der Waals surface area contributed by atoms with Crippen LogP contribution < -0.4 is 11.1 Å². The van der Waals surface area contributed by atoms with E-state index in [1.165, 1.54) is 12.8 Å². The van der Waals surface area contributed by atoms with E-state index in [0.29, 0.717) is 18.5 Å². The molecular weight excluding hydrogens is 192 g/mol. The lowest BCUT2D eigenvalue weighted by atomic mass is 9.93. The van der Waals surface area contributed by atoms with Gasteiger partial charge in [0.25, 0.3) is 0 Å². The third kappa shape index (κ3) is 3.18. The number of carbonyl (C=O) groups is 1. The fourth-order valence-electron chi connectivity index (χ4n) is 2.48. The van der Waals surface area contributed by atoms with Gasteiger partial charge in [-0.25, -0.2) is 0 Å². The first-order valence-electron chi connectivity index (χ1n) is 5.78. The van der Waals surface area contributed by atoms with Crippen LogP contribution in [0.25, 0.3) is 0 Å². The Morgan fingerprint density at radius 3 is 2.73 bits per heavy atom. The minimum absolute atomic E-state index is 0.376. The van der Waals surface area contributed by atoms with Gasteiger partial charge >= 0.3 is 5.97 Å². The fraction of sp³-hybridized carbons (Fsp3) is 0.909. The van der Waals surface area contributed by atoms with Crippen LogP contribution in [-0.2, 0) is 4.79 Å². The molecule has 0 aromatic heterocycles. The van der Waals surface area contributed by atoms with Crippen molar-refractivity contribution < 1.29 is 9.90 Å². The molecule has 1 aliphatic carbocycles. The zero-order valence-electron chi connectivity index (χ0n) is 9.57. The summed E-state index contributed by atoms with van der Waals surface area (Å²) in [6.45, 7) is 4.83. The Morgan fingerprint density at radius 2 is 2.27 bits per heavy atom. The molecule has 0 amide bonds. The zero-order chi connectivity index (χ0) is 11.4. The van der Waals surface area contributed by atoms with Gasteiger partial charge in [0.05, 0.1) is 0 Å². The number of carboxylic acids is 1. The van der Waals surface area contributed by atoms with E-state index >= 15 is 0 Å². The number of aliphatic carboxylic acids is 1. The van der Waals surface area contributed by atoms with Crippen molar-refractivity contribution in [1.82, 2.24) is 5.32 Å². The molecule has 0 aromatic carbocycles. The van der Waals surface area contributed by atoms with Crippen LogP contribution in [0.4, 0.5) is 0 Å². The summed E-state index contributed by atoms with van der Waals surface area (Å²) in [5.74, 6) is 0.486. The van der Waals surface area contributed by atoms with E-state index in [2.05, 4.69) is 19.2 Å². The summed E-state index contributed by atoms with van der Waals surface area (Å²) in [7, 11) is 0. The van der Waals surface area contributed by atoms with E-state index in [0.717, 1.165) is 12.3 Å². The molecule has 1 saturated carbocycles. The Kier molecular flexibility index (Phi) is 4.54. The Morgan fingerprint density at radius 1 is 1.60 bits per heavy atom. The van der Waals surface area contributed by atoms with Crippen LogP contribution in [0, 0.1) is 11.8 Å². The second-order valence-corrected chi connectivity index (χ2v) is 4.56. The largest absolute Gasteiger partial charge is 0.480 e. The molecule has 4 nitrogen and oxygen atoms in total. The lowest BCUT2D eigenvalue weighted by molar-refractivity contribution is -0.138. The van der Waals surface area contributed by atoms with E-state index in [1.54, 1.807) is 0 Å². The molecule has 88 valence electrons. The van der Waals surface area contributed by atoms with Crippen molar-refractivity contribution in [3.63, 3.8) is 0 Å². The van der Waals surface area contributed by atoms with Gasteiger partial charge in [0, 0.05) is 12.6 Å². The topological polar surface area (TPSA) is 75.3 Å². The Labute approximate surface area is 91.2 Å². The highest BCUT2D eigenvalue weighted by atomic mass is 16.4. The molecule has 1 fully saturated rings. The van der Waals surface area contributed by atoms with Crippen LogP contribution in [0.1, 0.15) is 33.1 Å². The van der Waals surface area contributed by atoms with E-state index in [1.807, 2.05) is 0 Å². The molecule has 4 unspecified atom stereocenters. The molecule has 1 rings (SSSR count). The third-order valence-electron chi connectivity index (χ3n) is 3.67. The van der Waals surface area contributed by atoms with E-state index in [4.69, 9.17) is 10.8 Å².